The number of rotatable bonds is 3. The monoisotopic (exact) mass is 421 g/mol. The Morgan fingerprint density at radius 2 is 1.62 bits per heavy atom. The Morgan fingerprint density at radius 1 is 1.03 bits per heavy atom. The van der Waals surface area contributed by atoms with E-state index < -0.39 is 11.7 Å². The van der Waals surface area contributed by atoms with Gasteiger partial charge in [0.05, 0.1) is 10.6 Å². The number of aryl methyl sites for hydroxylation is 2. The van der Waals surface area contributed by atoms with Gasteiger partial charge >= 0.3 is 6.18 Å². The summed E-state index contributed by atoms with van der Waals surface area (Å²) in [5, 5.41) is 0. The molecule has 1 aromatic carbocycles. The Balaban J connectivity index is 1.57. The molecule has 0 aliphatic carbocycles. The maximum Gasteiger partial charge on any atom is 0.416 e. The first-order valence-corrected chi connectivity index (χ1v) is 9.73. The van der Waals surface area contributed by atoms with Crippen LogP contribution in [0.1, 0.15) is 32.9 Å². The normalized spacial score (nSPS) is 14.8. The van der Waals surface area contributed by atoms with E-state index in [1.807, 2.05) is 26.0 Å². The van der Waals surface area contributed by atoms with E-state index in [9.17, 15) is 18.0 Å². The lowest BCUT2D eigenvalue weighted by atomic mass is 10.1. The SMILES string of the molecule is Cc1cc(C)nc(CC(=S)N2CCN(C(=O)c3ccc(C(F)(F)F)cc3)CC2)c1. The average molecular weight is 421 g/mol. The molecule has 1 aliphatic heterocycles. The molecule has 1 aromatic heterocycles. The molecule has 0 N–H and O–H groups in total. The van der Waals surface area contributed by atoms with Gasteiger partial charge in [-0.3, -0.25) is 9.78 Å². The number of nitrogens with zero attached hydrogens (tertiary/aromatic N) is 3. The minimum atomic E-state index is -4.41. The number of thiocarbonyl (C=S) groups is 1. The number of piperazine rings is 1. The van der Waals surface area contributed by atoms with Crippen molar-refractivity contribution in [2.45, 2.75) is 26.4 Å². The van der Waals surface area contributed by atoms with Gasteiger partial charge in [0.2, 0.25) is 0 Å². The van der Waals surface area contributed by atoms with Gasteiger partial charge < -0.3 is 9.80 Å². The molecule has 0 radical (unpaired) electrons. The molecule has 0 saturated carbocycles. The highest BCUT2D eigenvalue weighted by Gasteiger charge is 2.31. The molecular weight excluding hydrogens is 399 g/mol. The summed E-state index contributed by atoms with van der Waals surface area (Å²) in [5.41, 5.74) is 2.52. The number of carbonyl (C=O) groups is 1. The third kappa shape index (κ3) is 5.32. The van der Waals surface area contributed by atoms with E-state index in [2.05, 4.69) is 9.88 Å². The number of benzene rings is 1. The quantitative estimate of drug-likeness (QED) is 0.701. The van der Waals surface area contributed by atoms with Crippen molar-refractivity contribution in [3.63, 3.8) is 0 Å². The lowest BCUT2D eigenvalue weighted by Crippen LogP contribution is -2.50. The molecule has 2 heterocycles. The van der Waals surface area contributed by atoms with Gasteiger partial charge in [-0.05, 0) is 55.8 Å². The molecule has 0 atom stereocenters. The molecule has 8 heteroatoms. The summed E-state index contributed by atoms with van der Waals surface area (Å²) in [6.07, 6.45) is -3.84. The van der Waals surface area contributed by atoms with Crippen molar-refractivity contribution >= 4 is 23.1 Å². The van der Waals surface area contributed by atoms with E-state index in [-0.39, 0.29) is 11.5 Å². The van der Waals surface area contributed by atoms with Gasteiger partial charge in [0.25, 0.3) is 5.91 Å². The van der Waals surface area contributed by atoms with Gasteiger partial charge in [-0.2, -0.15) is 13.2 Å². The van der Waals surface area contributed by atoms with E-state index in [0.717, 1.165) is 34.1 Å². The minimum Gasteiger partial charge on any atom is -0.362 e. The highest BCUT2D eigenvalue weighted by molar-refractivity contribution is 7.80. The fourth-order valence-electron chi connectivity index (χ4n) is 3.43. The van der Waals surface area contributed by atoms with E-state index in [1.54, 1.807) is 4.90 Å². The van der Waals surface area contributed by atoms with Crippen LogP contribution in [0.25, 0.3) is 0 Å². The van der Waals surface area contributed by atoms with Crippen molar-refractivity contribution in [2.24, 2.45) is 0 Å². The lowest BCUT2D eigenvalue weighted by molar-refractivity contribution is -0.137. The molecule has 4 nitrogen and oxygen atoms in total. The molecule has 2 aromatic rings. The summed E-state index contributed by atoms with van der Waals surface area (Å²) in [7, 11) is 0. The zero-order chi connectivity index (χ0) is 21.2. The summed E-state index contributed by atoms with van der Waals surface area (Å²) in [6.45, 7) is 6.10. The molecule has 0 bridgehead atoms. The summed E-state index contributed by atoms with van der Waals surface area (Å²) in [5.74, 6) is -0.264. The fourth-order valence-corrected chi connectivity index (χ4v) is 3.76. The Morgan fingerprint density at radius 3 is 2.17 bits per heavy atom. The van der Waals surface area contributed by atoms with Crippen LogP contribution in [0.5, 0.6) is 0 Å². The van der Waals surface area contributed by atoms with Crippen LogP contribution in [-0.4, -0.2) is 51.9 Å². The van der Waals surface area contributed by atoms with Crippen LogP contribution in [0.3, 0.4) is 0 Å². The second kappa shape index (κ2) is 8.49. The Labute approximate surface area is 173 Å². The Hall–Kier alpha value is -2.48. The third-order valence-electron chi connectivity index (χ3n) is 4.86. The van der Waals surface area contributed by atoms with Gasteiger partial charge in [-0.15, -0.1) is 0 Å². The van der Waals surface area contributed by atoms with E-state index in [0.29, 0.717) is 32.6 Å². The lowest BCUT2D eigenvalue weighted by Gasteiger charge is -2.36. The zero-order valence-corrected chi connectivity index (χ0v) is 17.1. The molecule has 0 spiro atoms. The van der Waals surface area contributed by atoms with Gasteiger partial charge in [0, 0.05) is 49.6 Å². The van der Waals surface area contributed by atoms with E-state index in [4.69, 9.17) is 12.2 Å². The molecular formula is C21H22F3N3OS. The number of aromatic nitrogens is 1. The maximum atomic E-state index is 12.7. The number of amides is 1. The van der Waals surface area contributed by atoms with Gasteiger partial charge in [0.15, 0.2) is 0 Å². The fraction of sp³-hybridized carbons (Fsp3) is 0.381. The Kier molecular flexibility index (Phi) is 6.21. The predicted molar refractivity (Wildman–Crippen MR) is 109 cm³/mol. The van der Waals surface area contributed by atoms with Gasteiger partial charge in [0.1, 0.15) is 0 Å². The molecule has 154 valence electrons. The average Bonchev–Trinajstić information content (AvgIpc) is 2.66. The number of hydrogen-bond donors (Lipinski definition) is 0. The topological polar surface area (TPSA) is 36.4 Å². The second-order valence-electron chi connectivity index (χ2n) is 7.20. The number of carbonyl (C=O) groups excluding carboxylic acids is 1. The minimum absolute atomic E-state index is 0.258. The van der Waals surface area contributed by atoms with Crippen LogP contribution in [0.4, 0.5) is 13.2 Å². The summed E-state index contributed by atoms with van der Waals surface area (Å²) < 4.78 is 38.0. The van der Waals surface area contributed by atoms with Crippen LogP contribution in [0.2, 0.25) is 0 Å². The van der Waals surface area contributed by atoms with Crippen molar-refractivity contribution in [1.82, 2.24) is 14.8 Å². The number of hydrogen-bond acceptors (Lipinski definition) is 3. The molecule has 1 aliphatic rings. The van der Waals surface area contributed by atoms with Crippen LogP contribution in [0, 0.1) is 13.8 Å². The summed E-state index contributed by atoms with van der Waals surface area (Å²) in [4.78, 5) is 21.6. The Bertz CT molecular complexity index is 884. The number of alkyl halides is 3. The zero-order valence-electron chi connectivity index (χ0n) is 16.3. The standard InChI is InChI=1S/C21H22F3N3OS/c1-14-11-15(2)25-18(12-14)13-19(29)26-7-9-27(10-8-26)20(28)16-3-5-17(6-4-16)21(22,23)24/h3-6,11-12H,7-10,13H2,1-2H3. The number of halogens is 3. The van der Waals surface area contributed by atoms with Crippen molar-refractivity contribution in [1.29, 1.82) is 0 Å². The van der Waals surface area contributed by atoms with Crippen LogP contribution in [-0.2, 0) is 12.6 Å². The third-order valence-corrected chi connectivity index (χ3v) is 5.26. The largest absolute Gasteiger partial charge is 0.416 e. The van der Waals surface area contributed by atoms with E-state index in [1.165, 1.54) is 12.1 Å². The molecule has 1 amide bonds. The molecule has 0 unspecified atom stereocenters. The first kappa shape index (κ1) is 21.2. The van der Waals surface area contributed by atoms with Crippen LogP contribution in [0.15, 0.2) is 36.4 Å². The van der Waals surface area contributed by atoms with Crippen LogP contribution < -0.4 is 0 Å². The first-order chi connectivity index (χ1) is 13.6. The maximum absolute atomic E-state index is 12.7. The van der Waals surface area contributed by atoms with Gasteiger partial charge in [-0.25, -0.2) is 0 Å². The van der Waals surface area contributed by atoms with Crippen molar-refractivity contribution in [3.05, 3.63) is 64.5 Å². The van der Waals surface area contributed by atoms with Crippen molar-refractivity contribution < 1.29 is 18.0 Å². The predicted octanol–water partition coefficient (Wildman–Crippen LogP) is 4.05. The second-order valence-corrected chi connectivity index (χ2v) is 7.67. The molecule has 29 heavy (non-hydrogen) atoms. The molecule has 3 rings (SSSR count). The molecule has 1 saturated heterocycles. The highest BCUT2D eigenvalue weighted by Crippen LogP contribution is 2.29. The molecule has 1 fully saturated rings. The van der Waals surface area contributed by atoms with E-state index >= 15 is 0 Å². The van der Waals surface area contributed by atoms with Gasteiger partial charge in [-0.1, -0.05) is 12.2 Å². The summed E-state index contributed by atoms with van der Waals surface area (Å²) >= 11 is 5.57. The summed E-state index contributed by atoms with van der Waals surface area (Å²) in [6, 6.07) is 8.37. The first-order valence-electron chi connectivity index (χ1n) is 9.32. The van der Waals surface area contributed by atoms with Crippen LogP contribution >= 0.6 is 12.2 Å². The van der Waals surface area contributed by atoms with Crippen molar-refractivity contribution in [2.75, 3.05) is 26.2 Å². The smallest absolute Gasteiger partial charge is 0.362 e. The van der Waals surface area contributed by atoms with Crippen molar-refractivity contribution in [3.8, 4) is 0 Å². The number of pyridine rings is 1. The highest BCUT2D eigenvalue weighted by atomic mass is 32.1.